The van der Waals surface area contributed by atoms with Crippen molar-refractivity contribution in [3.8, 4) is 6.07 Å². The van der Waals surface area contributed by atoms with Gasteiger partial charge in [0.1, 0.15) is 5.82 Å². The number of aliphatic imine (C=N–C) groups is 1. The first-order valence-corrected chi connectivity index (χ1v) is 10.4. The molecule has 0 aliphatic carbocycles. The Hall–Kier alpha value is -2.43. The molecule has 0 bridgehead atoms. The van der Waals surface area contributed by atoms with Crippen LogP contribution in [0.1, 0.15) is 34.9 Å². The normalized spacial score (nSPS) is 20.6. The van der Waals surface area contributed by atoms with E-state index >= 15 is 0 Å². The summed E-state index contributed by atoms with van der Waals surface area (Å²) in [6.45, 7) is 2.19. The van der Waals surface area contributed by atoms with Gasteiger partial charge in [0.05, 0.1) is 11.6 Å². The molecule has 2 atom stereocenters. The SMILES string of the molecule is CN=C(NCc1cc(C#N)ccc1F)NCC1CCCN(C)C1c1cccs1. The highest BCUT2D eigenvalue weighted by atomic mass is 32.1. The van der Waals surface area contributed by atoms with Gasteiger partial charge in [0, 0.05) is 36.6 Å². The molecule has 0 spiro atoms. The lowest BCUT2D eigenvalue weighted by molar-refractivity contribution is 0.125. The third kappa shape index (κ3) is 4.89. The van der Waals surface area contributed by atoms with Crippen LogP contribution in [-0.2, 0) is 6.54 Å². The summed E-state index contributed by atoms with van der Waals surface area (Å²) in [6.07, 6.45) is 2.35. The van der Waals surface area contributed by atoms with E-state index in [0.717, 1.165) is 19.5 Å². The highest BCUT2D eigenvalue weighted by Crippen LogP contribution is 2.36. The number of halogens is 1. The van der Waals surface area contributed by atoms with Gasteiger partial charge in [-0.3, -0.25) is 9.89 Å². The molecule has 1 fully saturated rings. The number of guanidine groups is 1. The lowest BCUT2D eigenvalue weighted by atomic mass is 9.88. The average Bonchev–Trinajstić information content (AvgIpc) is 3.23. The van der Waals surface area contributed by atoms with Crippen molar-refractivity contribution in [2.45, 2.75) is 25.4 Å². The summed E-state index contributed by atoms with van der Waals surface area (Å²) < 4.78 is 14.0. The minimum atomic E-state index is -0.325. The lowest BCUT2D eigenvalue weighted by Crippen LogP contribution is -2.44. The summed E-state index contributed by atoms with van der Waals surface area (Å²) in [5.74, 6) is 0.795. The summed E-state index contributed by atoms with van der Waals surface area (Å²) >= 11 is 1.81. The van der Waals surface area contributed by atoms with Crippen LogP contribution in [0.5, 0.6) is 0 Å². The van der Waals surface area contributed by atoms with Crippen LogP contribution >= 0.6 is 11.3 Å². The number of benzene rings is 1. The second kappa shape index (κ2) is 9.67. The molecule has 0 amide bonds. The van der Waals surface area contributed by atoms with Gasteiger partial charge in [0.15, 0.2) is 5.96 Å². The predicted octanol–water partition coefficient (Wildman–Crippen LogP) is 3.51. The van der Waals surface area contributed by atoms with Crippen LogP contribution in [0.25, 0.3) is 0 Å². The Balaban J connectivity index is 1.60. The molecule has 1 aliphatic rings. The molecule has 2 unspecified atom stereocenters. The Labute approximate surface area is 169 Å². The number of thiophene rings is 1. The van der Waals surface area contributed by atoms with E-state index in [2.05, 4.69) is 45.1 Å². The van der Waals surface area contributed by atoms with Crippen molar-refractivity contribution in [1.29, 1.82) is 5.26 Å². The summed E-state index contributed by atoms with van der Waals surface area (Å²) in [6, 6.07) is 11.1. The van der Waals surface area contributed by atoms with E-state index in [9.17, 15) is 4.39 Å². The van der Waals surface area contributed by atoms with E-state index in [4.69, 9.17) is 5.26 Å². The number of hydrogen-bond donors (Lipinski definition) is 2. The van der Waals surface area contributed by atoms with Gasteiger partial charge in [-0.05, 0) is 62.0 Å². The van der Waals surface area contributed by atoms with Gasteiger partial charge in [-0.15, -0.1) is 11.3 Å². The zero-order valence-corrected chi connectivity index (χ0v) is 17.1. The molecule has 1 aliphatic heterocycles. The fourth-order valence-electron chi connectivity index (χ4n) is 3.79. The van der Waals surface area contributed by atoms with E-state index in [1.807, 2.05) is 6.07 Å². The molecule has 0 radical (unpaired) electrons. The van der Waals surface area contributed by atoms with Crippen LogP contribution in [0.3, 0.4) is 0 Å². The van der Waals surface area contributed by atoms with Crippen molar-refractivity contribution in [2.24, 2.45) is 10.9 Å². The molecule has 2 heterocycles. The summed E-state index contributed by atoms with van der Waals surface area (Å²) in [7, 11) is 3.90. The molecule has 7 heteroatoms. The van der Waals surface area contributed by atoms with Gasteiger partial charge in [-0.1, -0.05) is 6.07 Å². The van der Waals surface area contributed by atoms with E-state index in [-0.39, 0.29) is 12.4 Å². The zero-order chi connectivity index (χ0) is 19.9. The number of likely N-dealkylation sites (tertiary alicyclic amines) is 1. The number of rotatable bonds is 5. The second-order valence-electron chi connectivity index (χ2n) is 7.07. The second-order valence-corrected chi connectivity index (χ2v) is 8.05. The molecular formula is C21H26FN5S. The Kier molecular flexibility index (Phi) is 7.01. The van der Waals surface area contributed by atoms with Gasteiger partial charge in [0.25, 0.3) is 0 Å². The molecule has 0 saturated carbocycles. The number of hydrogen-bond acceptors (Lipinski definition) is 4. The summed E-state index contributed by atoms with van der Waals surface area (Å²) in [5.41, 5.74) is 0.904. The Morgan fingerprint density at radius 1 is 1.39 bits per heavy atom. The van der Waals surface area contributed by atoms with Crippen LogP contribution in [0.4, 0.5) is 4.39 Å². The van der Waals surface area contributed by atoms with Gasteiger partial charge < -0.3 is 10.6 Å². The predicted molar refractivity (Wildman–Crippen MR) is 112 cm³/mol. The zero-order valence-electron chi connectivity index (χ0n) is 16.3. The molecule has 1 saturated heterocycles. The van der Waals surface area contributed by atoms with Gasteiger partial charge in [0.2, 0.25) is 0 Å². The lowest BCUT2D eigenvalue weighted by Gasteiger charge is -2.39. The first kappa shape index (κ1) is 20.3. The van der Waals surface area contributed by atoms with E-state index in [1.165, 1.54) is 23.4 Å². The minimum Gasteiger partial charge on any atom is -0.356 e. The molecule has 28 heavy (non-hydrogen) atoms. The molecule has 2 N–H and O–H groups in total. The van der Waals surface area contributed by atoms with Crippen molar-refractivity contribution in [3.05, 3.63) is 57.5 Å². The van der Waals surface area contributed by atoms with Crippen LogP contribution in [-0.4, -0.2) is 38.0 Å². The molecule has 3 rings (SSSR count). The third-order valence-corrected chi connectivity index (χ3v) is 6.16. The quantitative estimate of drug-likeness (QED) is 0.597. The van der Waals surface area contributed by atoms with Crippen LogP contribution in [0, 0.1) is 23.1 Å². The van der Waals surface area contributed by atoms with Crippen LogP contribution in [0.2, 0.25) is 0 Å². The van der Waals surface area contributed by atoms with Crippen molar-refractivity contribution >= 4 is 17.3 Å². The smallest absolute Gasteiger partial charge is 0.191 e. The van der Waals surface area contributed by atoms with E-state index < -0.39 is 0 Å². The van der Waals surface area contributed by atoms with Crippen molar-refractivity contribution in [2.75, 3.05) is 27.2 Å². The number of piperidine rings is 1. The summed E-state index contributed by atoms with van der Waals surface area (Å²) in [5, 5.41) is 17.7. The Bertz CT molecular complexity index is 843. The monoisotopic (exact) mass is 399 g/mol. The Morgan fingerprint density at radius 3 is 2.96 bits per heavy atom. The largest absolute Gasteiger partial charge is 0.356 e. The molecule has 1 aromatic heterocycles. The first-order valence-electron chi connectivity index (χ1n) is 9.49. The van der Waals surface area contributed by atoms with Gasteiger partial charge in [-0.25, -0.2) is 4.39 Å². The fraction of sp³-hybridized carbons (Fsp3) is 0.429. The van der Waals surface area contributed by atoms with Gasteiger partial charge in [-0.2, -0.15) is 5.26 Å². The van der Waals surface area contributed by atoms with Crippen molar-refractivity contribution in [1.82, 2.24) is 15.5 Å². The van der Waals surface area contributed by atoms with Crippen LogP contribution in [0.15, 0.2) is 40.7 Å². The van der Waals surface area contributed by atoms with Crippen LogP contribution < -0.4 is 10.6 Å². The maximum absolute atomic E-state index is 14.0. The topological polar surface area (TPSA) is 63.5 Å². The maximum atomic E-state index is 14.0. The van der Waals surface area contributed by atoms with Crippen molar-refractivity contribution < 1.29 is 4.39 Å². The molecular weight excluding hydrogens is 373 g/mol. The molecule has 2 aromatic rings. The number of nitrogens with one attached hydrogen (secondary N) is 2. The summed E-state index contributed by atoms with van der Waals surface area (Å²) in [4.78, 5) is 8.09. The average molecular weight is 400 g/mol. The Morgan fingerprint density at radius 2 is 2.25 bits per heavy atom. The van der Waals surface area contributed by atoms with E-state index in [0.29, 0.717) is 29.0 Å². The molecule has 148 valence electrons. The molecule has 1 aromatic carbocycles. The van der Waals surface area contributed by atoms with Gasteiger partial charge >= 0.3 is 0 Å². The van der Waals surface area contributed by atoms with Crippen molar-refractivity contribution in [3.63, 3.8) is 0 Å². The standard InChI is InChI=1S/C21H26FN5S/c1-24-21(26-14-17-11-15(12-23)7-8-18(17)22)25-13-16-5-3-9-27(2)20(16)19-6-4-10-28-19/h4,6-8,10-11,16,20H,3,5,9,13-14H2,1-2H3,(H2,24,25,26). The highest BCUT2D eigenvalue weighted by molar-refractivity contribution is 7.10. The maximum Gasteiger partial charge on any atom is 0.191 e. The first-order chi connectivity index (χ1) is 13.6. The number of nitrogens with zero attached hydrogens (tertiary/aromatic N) is 3. The van der Waals surface area contributed by atoms with E-state index in [1.54, 1.807) is 24.5 Å². The molecule has 5 nitrogen and oxygen atoms in total. The third-order valence-electron chi connectivity index (χ3n) is 5.22. The number of nitriles is 1. The minimum absolute atomic E-state index is 0.278. The fourth-order valence-corrected chi connectivity index (χ4v) is 4.77. The highest BCUT2D eigenvalue weighted by Gasteiger charge is 2.31.